The summed E-state index contributed by atoms with van der Waals surface area (Å²) in [6.45, 7) is 0.111. The van der Waals surface area contributed by atoms with Crippen molar-refractivity contribution >= 4 is 34.4 Å². The number of benzene rings is 2. The Hall–Kier alpha value is -3.18. The van der Waals surface area contributed by atoms with Gasteiger partial charge in [0.25, 0.3) is 0 Å². The number of anilines is 1. The number of rotatable bonds is 4. The number of fused-ring (bicyclic) bond motifs is 1. The standard InChI is InChI=1S/C20H15ClN4O/c21-15-10-8-14(9-11-15)19-24-17-7-4-12-22-20(17)25(19)13-18(26)23-16-5-2-1-3-6-16/h1-12H,13H2,(H,23,26). The number of amides is 1. The van der Waals surface area contributed by atoms with E-state index in [4.69, 9.17) is 11.6 Å². The number of aromatic nitrogens is 3. The van der Waals surface area contributed by atoms with Crippen LogP contribution in [0.15, 0.2) is 72.9 Å². The maximum absolute atomic E-state index is 12.6. The summed E-state index contributed by atoms with van der Waals surface area (Å²) in [6.07, 6.45) is 1.70. The molecule has 2 aromatic carbocycles. The lowest BCUT2D eigenvalue weighted by Gasteiger charge is -2.10. The van der Waals surface area contributed by atoms with E-state index in [1.54, 1.807) is 18.3 Å². The minimum atomic E-state index is -0.142. The van der Waals surface area contributed by atoms with Crippen LogP contribution in [0.5, 0.6) is 0 Å². The second kappa shape index (κ2) is 6.98. The normalized spacial score (nSPS) is 10.8. The number of para-hydroxylation sites is 1. The Morgan fingerprint density at radius 1 is 1.00 bits per heavy atom. The number of halogens is 1. The van der Waals surface area contributed by atoms with Gasteiger partial charge >= 0.3 is 0 Å². The third-order valence-corrected chi connectivity index (χ3v) is 4.22. The molecule has 0 saturated heterocycles. The van der Waals surface area contributed by atoms with E-state index in [2.05, 4.69) is 15.3 Å². The minimum absolute atomic E-state index is 0.111. The second-order valence-corrected chi connectivity index (χ2v) is 6.23. The first-order valence-corrected chi connectivity index (χ1v) is 8.50. The maximum Gasteiger partial charge on any atom is 0.244 e. The highest BCUT2D eigenvalue weighted by molar-refractivity contribution is 6.30. The first-order chi connectivity index (χ1) is 12.7. The molecule has 4 rings (SSSR count). The smallest absolute Gasteiger partial charge is 0.244 e. The third-order valence-electron chi connectivity index (χ3n) is 3.97. The lowest BCUT2D eigenvalue weighted by molar-refractivity contribution is -0.116. The molecule has 5 nitrogen and oxygen atoms in total. The van der Waals surface area contributed by atoms with Crippen molar-refractivity contribution in [1.82, 2.24) is 14.5 Å². The number of nitrogens with zero attached hydrogens (tertiary/aromatic N) is 3. The van der Waals surface area contributed by atoms with Gasteiger partial charge in [0.2, 0.25) is 5.91 Å². The number of hydrogen-bond donors (Lipinski definition) is 1. The number of imidazole rings is 1. The molecule has 0 bridgehead atoms. The van der Waals surface area contributed by atoms with E-state index < -0.39 is 0 Å². The van der Waals surface area contributed by atoms with Crippen LogP contribution in [0, 0.1) is 0 Å². The van der Waals surface area contributed by atoms with Gasteiger partial charge in [-0.1, -0.05) is 29.8 Å². The predicted molar refractivity (Wildman–Crippen MR) is 103 cm³/mol. The summed E-state index contributed by atoms with van der Waals surface area (Å²) in [4.78, 5) is 21.6. The summed E-state index contributed by atoms with van der Waals surface area (Å²) in [5.41, 5.74) is 3.04. The summed E-state index contributed by atoms with van der Waals surface area (Å²) in [5, 5.41) is 3.55. The van der Waals surface area contributed by atoms with Gasteiger partial charge in [-0.3, -0.25) is 9.36 Å². The molecular weight excluding hydrogens is 348 g/mol. The number of carbonyl (C=O) groups excluding carboxylic acids is 1. The highest BCUT2D eigenvalue weighted by atomic mass is 35.5. The van der Waals surface area contributed by atoms with E-state index in [-0.39, 0.29) is 12.5 Å². The Kier molecular flexibility index (Phi) is 4.37. The van der Waals surface area contributed by atoms with Crippen LogP contribution in [0.4, 0.5) is 5.69 Å². The largest absolute Gasteiger partial charge is 0.325 e. The molecule has 4 aromatic rings. The van der Waals surface area contributed by atoms with Gasteiger partial charge in [0, 0.05) is 22.5 Å². The molecule has 0 spiro atoms. The molecule has 0 radical (unpaired) electrons. The molecule has 26 heavy (non-hydrogen) atoms. The molecule has 1 amide bonds. The van der Waals surface area contributed by atoms with Crippen molar-refractivity contribution in [3.05, 3.63) is 77.9 Å². The molecule has 0 aliphatic heterocycles. The van der Waals surface area contributed by atoms with Crippen LogP contribution in [0.1, 0.15) is 0 Å². The van der Waals surface area contributed by atoms with Crippen LogP contribution in [-0.2, 0) is 11.3 Å². The molecule has 0 aliphatic rings. The molecule has 0 unspecified atom stereocenters. The van der Waals surface area contributed by atoms with Gasteiger partial charge < -0.3 is 5.32 Å². The van der Waals surface area contributed by atoms with Crippen molar-refractivity contribution in [2.75, 3.05) is 5.32 Å². The average molecular weight is 363 g/mol. The Labute approximate surface area is 155 Å². The molecule has 128 valence electrons. The van der Waals surface area contributed by atoms with Crippen LogP contribution in [0.2, 0.25) is 5.02 Å². The van der Waals surface area contributed by atoms with Gasteiger partial charge in [-0.2, -0.15) is 0 Å². The molecule has 0 saturated carbocycles. The number of pyridine rings is 1. The topological polar surface area (TPSA) is 59.8 Å². The molecule has 6 heteroatoms. The van der Waals surface area contributed by atoms with Gasteiger partial charge in [0.05, 0.1) is 0 Å². The summed E-state index contributed by atoms with van der Waals surface area (Å²) in [5.74, 6) is 0.537. The monoisotopic (exact) mass is 362 g/mol. The lowest BCUT2D eigenvalue weighted by Crippen LogP contribution is -2.19. The SMILES string of the molecule is O=C(Cn1c(-c2ccc(Cl)cc2)nc2cccnc21)Nc1ccccc1. The van der Waals surface area contributed by atoms with E-state index in [0.29, 0.717) is 16.5 Å². The Bertz CT molecular complexity index is 1060. The van der Waals surface area contributed by atoms with Crippen molar-refractivity contribution in [2.24, 2.45) is 0 Å². The third kappa shape index (κ3) is 3.30. The van der Waals surface area contributed by atoms with Crippen molar-refractivity contribution < 1.29 is 4.79 Å². The molecule has 0 fully saturated rings. The van der Waals surface area contributed by atoms with E-state index in [0.717, 1.165) is 16.8 Å². The first kappa shape index (κ1) is 16.3. The highest BCUT2D eigenvalue weighted by Crippen LogP contribution is 2.25. The summed E-state index contributed by atoms with van der Waals surface area (Å²) >= 11 is 5.99. The maximum atomic E-state index is 12.6. The number of nitrogens with one attached hydrogen (secondary N) is 1. The van der Waals surface area contributed by atoms with Crippen molar-refractivity contribution in [3.8, 4) is 11.4 Å². The van der Waals surface area contributed by atoms with Crippen LogP contribution in [0.25, 0.3) is 22.6 Å². The molecule has 2 aromatic heterocycles. The molecule has 2 heterocycles. The summed E-state index contributed by atoms with van der Waals surface area (Å²) < 4.78 is 1.82. The average Bonchev–Trinajstić information content (AvgIpc) is 3.02. The van der Waals surface area contributed by atoms with Crippen molar-refractivity contribution in [3.63, 3.8) is 0 Å². The van der Waals surface area contributed by atoms with Crippen molar-refractivity contribution in [2.45, 2.75) is 6.54 Å². The Morgan fingerprint density at radius 3 is 2.54 bits per heavy atom. The van der Waals surface area contributed by atoms with E-state index in [1.807, 2.05) is 59.2 Å². The Balaban J connectivity index is 1.72. The molecule has 0 aliphatic carbocycles. The van der Waals surface area contributed by atoms with Gasteiger partial charge in [-0.25, -0.2) is 9.97 Å². The first-order valence-electron chi connectivity index (χ1n) is 8.13. The number of carbonyl (C=O) groups is 1. The van der Waals surface area contributed by atoms with Gasteiger partial charge in [0.1, 0.15) is 17.9 Å². The predicted octanol–water partition coefficient (Wildman–Crippen LogP) is 4.39. The van der Waals surface area contributed by atoms with Gasteiger partial charge in [0.15, 0.2) is 5.65 Å². The van der Waals surface area contributed by atoms with Gasteiger partial charge in [-0.15, -0.1) is 0 Å². The van der Waals surface area contributed by atoms with E-state index >= 15 is 0 Å². The molecular formula is C20H15ClN4O. The quantitative estimate of drug-likeness (QED) is 0.585. The van der Waals surface area contributed by atoms with Crippen molar-refractivity contribution in [1.29, 1.82) is 0 Å². The van der Waals surface area contributed by atoms with Crippen LogP contribution < -0.4 is 5.32 Å². The minimum Gasteiger partial charge on any atom is -0.325 e. The summed E-state index contributed by atoms with van der Waals surface area (Å²) in [6, 6.07) is 20.4. The summed E-state index contributed by atoms with van der Waals surface area (Å²) in [7, 11) is 0. The zero-order valence-corrected chi connectivity index (χ0v) is 14.5. The van der Waals surface area contributed by atoms with Crippen LogP contribution in [-0.4, -0.2) is 20.4 Å². The van der Waals surface area contributed by atoms with E-state index in [9.17, 15) is 4.79 Å². The lowest BCUT2D eigenvalue weighted by atomic mass is 10.2. The highest BCUT2D eigenvalue weighted by Gasteiger charge is 2.16. The van der Waals surface area contributed by atoms with Crippen LogP contribution in [0.3, 0.4) is 0 Å². The number of hydrogen-bond acceptors (Lipinski definition) is 3. The van der Waals surface area contributed by atoms with Gasteiger partial charge in [-0.05, 0) is 48.5 Å². The zero-order chi connectivity index (χ0) is 17.9. The second-order valence-electron chi connectivity index (χ2n) is 5.79. The molecule has 0 atom stereocenters. The van der Waals surface area contributed by atoms with E-state index in [1.165, 1.54) is 0 Å². The van der Waals surface area contributed by atoms with Crippen LogP contribution >= 0.6 is 11.6 Å². The fourth-order valence-corrected chi connectivity index (χ4v) is 2.92. The fourth-order valence-electron chi connectivity index (χ4n) is 2.79. The Morgan fingerprint density at radius 2 is 1.77 bits per heavy atom. The zero-order valence-electron chi connectivity index (χ0n) is 13.8. The molecule has 1 N–H and O–H groups in total. The fraction of sp³-hybridized carbons (Fsp3) is 0.0500.